The number of aliphatic hydroxyl groups is 1. The minimum Gasteiger partial charge on any atom is -0.396 e. The molecule has 1 aromatic heterocycles. The van der Waals surface area contributed by atoms with Crippen molar-refractivity contribution in [2.45, 2.75) is 19.0 Å². The van der Waals surface area contributed by atoms with Crippen LogP contribution in [0.15, 0.2) is 18.3 Å². The molecule has 86 valence electrons. The Kier molecular flexibility index (Phi) is 4.32. The summed E-state index contributed by atoms with van der Waals surface area (Å²) in [6.07, 6.45) is -2.37. The van der Waals surface area contributed by atoms with Crippen molar-refractivity contribution in [1.82, 2.24) is 4.98 Å². The molecule has 0 aliphatic carbocycles. The second kappa shape index (κ2) is 5.52. The summed E-state index contributed by atoms with van der Waals surface area (Å²) in [6, 6.07) is 2.17. The van der Waals surface area contributed by atoms with Gasteiger partial charge in [0.05, 0.1) is 5.56 Å². The van der Waals surface area contributed by atoms with Crippen LogP contribution in [0, 0.1) is 11.8 Å². The molecule has 1 N–H and O–H groups in total. The maximum absolute atomic E-state index is 12.5. The molecule has 1 aromatic rings. The average molecular weight is 229 g/mol. The van der Waals surface area contributed by atoms with Gasteiger partial charge in [0.15, 0.2) is 0 Å². The Balaban J connectivity index is 2.90. The van der Waals surface area contributed by atoms with E-state index < -0.39 is 11.7 Å². The first-order valence-corrected chi connectivity index (χ1v) is 4.67. The molecule has 16 heavy (non-hydrogen) atoms. The minimum atomic E-state index is -4.44. The Bertz CT molecular complexity index is 404. The highest BCUT2D eigenvalue weighted by Gasteiger charge is 2.33. The van der Waals surface area contributed by atoms with Crippen LogP contribution in [0.2, 0.25) is 0 Å². The van der Waals surface area contributed by atoms with Crippen LogP contribution in [0.3, 0.4) is 0 Å². The lowest BCUT2D eigenvalue weighted by molar-refractivity contribution is -0.138. The summed E-state index contributed by atoms with van der Waals surface area (Å²) >= 11 is 0. The molecule has 0 unspecified atom stereocenters. The van der Waals surface area contributed by atoms with Crippen LogP contribution in [0.5, 0.6) is 0 Å². The Morgan fingerprint density at radius 1 is 1.38 bits per heavy atom. The predicted molar refractivity (Wildman–Crippen MR) is 52.4 cm³/mol. The molecule has 1 heterocycles. The van der Waals surface area contributed by atoms with Gasteiger partial charge >= 0.3 is 6.18 Å². The van der Waals surface area contributed by atoms with Gasteiger partial charge in [-0.2, -0.15) is 13.2 Å². The lowest BCUT2D eigenvalue weighted by Crippen LogP contribution is -2.08. The Morgan fingerprint density at radius 2 is 2.12 bits per heavy atom. The zero-order chi connectivity index (χ0) is 12.0. The first-order chi connectivity index (χ1) is 7.55. The molecule has 0 radical (unpaired) electrons. The summed E-state index contributed by atoms with van der Waals surface area (Å²) in [5.74, 6) is 4.90. The van der Waals surface area contributed by atoms with Crippen molar-refractivity contribution in [3.05, 3.63) is 29.6 Å². The number of nitrogens with zero attached hydrogens (tertiary/aromatic N) is 1. The number of hydrogen-bond acceptors (Lipinski definition) is 2. The Labute approximate surface area is 91.1 Å². The fourth-order valence-electron chi connectivity index (χ4n) is 1.05. The lowest BCUT2D eigenvalue weighted by atomic mass is 10.2. The molecular formula is C11H10F3NO. The fraction of sp³-hybridized carbons (Fsp3) is 0.364. The van der Waals surface area contributed by atoms with Crippen molar-refractivity contribution in [1.29, 1.82) is 0 Å². The average Bonchev–Trinajstić information content (AvgIpc) is 2.24. The summed E-state index contributed by atoms with van der Waals surface area (Å²) in [7, 11) is 0. The molecule has 0 amide bonds. The quantitative estimate of drug-likeness (QED) is 0.623. The second-order valence-corrected chi connectivity index (χ2v) is 3.03. The van der Waals surface area contributed by atoms with Crippen LogP contribution in [-0.4, -0.2) is 16.7 Å². The van der Waals surface area contributed by atoms with Gasteiger partial charge in [0.2, 0.25) is 0 Å². The van der Waals surface area contributed by atoms with Gasteiger partial charge in [-0.3, -0.25) is 0 Å². The van der Waals surface area contributed by atoms with Crippen molar-refractivity contribution < 1.29 is 18.3 Å². The standard InChI is InChI=1S/C11H10F3NO/c12-11(13,14)9-5-4-7-15-10(9)6-2-1-3-8-16/h4-5,7,16H,1,3,8H2. The van der Waals surface area contributed by atoms with Gasteiger partial charge in [-0.15, -0.1) is 0 Å². The summed E-state index contributed by atoms with van der Waals surface area (Å²) in [5, 5.41) is 8.48. The normalized spacial score (nSPS) is 10.8. The third kappa shape index (κ3) is 3.55. The number of alkyl halides is 3. The number of aromatic nitrogens is 1. The third-order valence-corrected chi connectivity index (χ3v) is 1.78. The van der Waals surface area contributed by atoms with Gasteiger partial charge in [-0.1, -0.05) is 5.92 Å². The van der Waals surface area contributed by atoms with E-state index in [1.54, 1.807) is 0 Å². The predicted octanol–water partition coefficient (Wildman–Crippen LogP) is 2.22. The fourth-order valence-corrected chi connectivity index (χ4v) is 1.05. The van der Waals surface area contributed by atoms with Crippen molar-refractivity contribution in [2.75, 3.05) is 6.61 Å². The van der Waals surface area contributed by atoms with E-state index in [9.17, 15) is 13.2 Å². The largest absolute Gasteiger partial charge is 0.419 e. The number of rotatable bonds is 2. The van der Waals surface area contributed by atoms with E-state index in [4.69, 9.17) is 5.11 Å². The van der Waals surface area contributed by atoms with Crippen LogP contribution < -0.4 is 0 Å². The van der Waals surface area contributed by atoms with E-state index in [0.29, 0.717) is 12.8 Å². The summed E-state index contributed by atoms with van der Waals surface area (Å²) < 4.78 is 37.4. The second-order valence-electron chi connectivity index (χ2n) is 3.03. The van der Waals surface area contributed by atoms with E-state index in [1.807, 2.05) is 0 Å². The highest BCUT2D eigenvalue weighted by atomic mass is 19.4. The van der Waals surface area contributed by atoms with Crippen LogP contribution in [0.25, 0.3) is 0 Å². The SMILES string of the molecule is OCCCC#Cc1ncccc1C(F)(F)F. The Hall–Kier alpha value is -1.54. The van der Waals surface area contributed by atoms with Crippen molar-refractivity contribution >= 4 is 0 Å². The zero-order valence-electron chi connectivity index (χ0n) is 8.38. The number of unbranched alkanes of at least 4 members (excludes halogenated alkanes) is 1. The highest BCUT2D eigenvalue weighted by Crippen LogP contribution is 2.30. The first-order valence-electron chi connectivity index (χ1n) is 4.67. The summed E-state index contributed by atoms with van der Waals surface area (Å²) in [6.45, 7) is -0.0248. The zero-order valence-corrected chi connectivity index (χ0v) is 8.38. The van der Waals surface area contributed by atoms with E-state index in [2.05, 4.69) is 16.8 Å². The third-order valence-electron chi connectivity index (χ3n) is 1.78. The first kappa shape index (κ1) is 12.5. The maximum atomic E-state index is 12.5. The van der Waals surface area contributed by atoms with E-state index >= 15 is 0 Å². The van der Waals surface area contributed by atoms with Crippen molar-refractivity contribution in [3.63, 3.8) is 0 Å². The molecule has 0 saturated heterocycles. The molecule has 5 heteroatoms. The molecule has 1 rings (SSSR count). The summed E-state index contributed by atoms with van der Waals surface area (Å²) in [5.41, 5.74) is -1.10. The van der Waals surface area contributed by atoms with Crippen LogP contribution >= 0.6 is 0 Å². The number of halogens is 3. The lowest BCUT2D eigenvalue weighted by Gasteiger charge is -2.07. The van der Waals surface area contributed by atoms with Crippen LogP contribution in [0.1, 0.15) is 24.1 Å². The van der Waals surface area contributed by atoms with E-state index in [-0.39, 0.29) is 12.3 Å². The molecule has 0 aliphatic heterocycles. The highest BCUT2D eigenvalue weighted by molar-refractivity contribution is 5.36. The van der Waals surface area contributed by atoms with Crippen molar-refractivity contribution in [3.8, 4) is 11.8 Å². The van der Waals surface area contributed by atoms with E-state index in [0.717, 1.165) is 6.07 Å². The molecule has 2 nitrogen and oxygen atoms in total. The maximum Gasteiger partial charge on any atom is 0.419 e. The molecule has 0 atom stereocenters. The molecule has 0 fully saturated rings. The van der Waals surface area contributed by atoms with Gasteiger partial charge in [-0.25, -0.2) is 4.98 Å². The van der Waals surface area contributed by atoms with Gasteiger partial charge in [0, 0.05) is 19.2 Å². The molecule has 0 spiro atoms. The minimum absolute atomic E-state index is 0.0248. The van der Waals surface area contributed by atoms with Gasteiger partial charge in [0.1, 0.15) is 5.69 Å². The molecule has 0 aromatic carbocycles. The molecule has 0 saturated carbocycles. The van der Waals surface area contributed by atoms with Crippen LogP contribution in [-0.2, 0) is 6.18 Å². The van der Waals surface area contributed by atoms with Gasteiger partial charge in [0.25, 0.3) is 0 Å². The van der Waals surface area contributed by atoms with Crippen molar-refractivity contribution in [2.24, 2.45) is 0 Å². The molecule has 0 bridgehead atoms. The monoisotopic (exact) mass is 229 g/mol. The topological polar surface area (TPSA) is 33.1 Å². The van der Waals surface area contributed by atoms with E-state index in [1.165, 1.54) is 12.3 Å². The number of pyridine rings is 1. The summed E-state index contributed by atoms with van der Waals surface area (Å²) in [4.78, 5) is 3.59. The van der Waals surface area contributed by atoms with Gasteiger partial charge in [-0.05, 0) is 24.5 Å². The molecule has 0 aliphatic rings. The van der Waals surface area contributed by atoms with Crippen LogP contribution in [0.4, 0.5) is 13.2 Å². The number of aliphatic hydroxyl groups excluding tert-OH is 1. The molecular weight excluding hydrogens is 219 g/mol. The Morgan fingerprint density at radius 3 is 2.75 bits per heavy atom. The number of hydrogen-bond donors (Lipinski definition) is 1. The van der Waals surface area contributed by atoms with Gasteiger partial charge < -0.3 is 5.11 Å². The smallest absolute Gasteiger partial charge is 0.396 e.